The second-order valence-corrected chi connectivity index (χ2v) is 13.0. The Kier molecular flexibility index (Phi) is 10.9. The number of anilines is 1. The maximum absolute atomic E-state index is 14.1. The number of carbonyl (C=O) groups excluding carboxylic acids is 2. The molecule has 1 atom stereocenters. The average molecular weight is 655 g/mol. The molecule has 0 aliphatic rings. The Morgan fingerprint density at radius 2 is 1.39 bits per heavy atom. The molecule has 44 heavy (non-hydrogen) atoms. The largest absolute Gasteiger partial charge is 0.457 e. The summed E-state index contributed by atoms with van der Waals surface area (Å²) in [6.45, 7) is 4.64. The van der Waals surface area contributed by atoms with E-state index in [1.54, 1.807) is 79.7 Å². The van der Waals surface area contributed by atoms with Crippen LogP contribution in [-0.2, 0) is 26.2 Å². The summed E-state index contributed by atoms with van der Waals surface area (Å²) in [6, 6.07) is 27.2. The summed E-state index contributed by atoms with van der Waals surface area (Å²) < 4.78 is 34.8. The van der Waals surface area contributed by atoms with Crippen LogP contribution in [0.25, 0.3) is 0 Å². The Morgan fingerprint density at radius 3 is 1.98 bits per heavy atom. The van der Waals surface area contributed by atoms with Crippen LogP contribution in [0, 0.1) is 0 Å². The molecule has 0 aromatic heterocycles. The zero-order valence-electron chi connectivity index (χ0n) is 24.5. The second kappa shape index (κ2) is 14.6. The maximum Gasteiger partial charge on any atom is 0.264 e. The number of halogens is 2. The van der Waals surface area contributed by atoms with Gasteiger partial charge in [0.05, 0.1) is 20.6 Å². The van der Waals surface area contributed by atoms with E-state index in [0.717, 1.165) is 4.31 Å². The Bertz CT molecular complexity index is 1690. The van der Waals surface area contributed by atoms with E-state index in [1.165, 1.54) is 17.0 Å². The molecule has 0 fully saturated rings. The molecular formula is C33H33Cl2N3O5S. The molecule has 0 aliphatic carbocycles. The normalized spacial score (nSPS) is 12.0. The molecule has 0 bridgehead atoms. The first-order valence-corrected chi connectivity index (χ1v) is 16.1. The number of hydrogen-bond acceptors (Lipinski definition) is 5. The van der Waals surface area contributed by atoms with E-state index in [4.69, 9.17) is 27.9 Å². The molecule has 0 saturated heterocycles. The van der Waals surface area contributed by atoms with Gasteiger partial charge < -0.3 is 15.0 Å². The number of nitrogens with one attached hydrogen (secondary N) is 1. The monoisotopic (exact) mass is 653 g/mol. The SMILES string of the molecule is CC(C)NC(=O)C(C)N(Cc1ccc(Cl)c(Cl)c1)C(=O)CN(c1ccc(Oc2ccccc2)cc1)S(=O)(=O)c1ccccc1. The van der Waals surface area contributed by atoms with Gasteiger partial charge in [0.2, 0.25) is 11.8 Å². The lowest BCUT2D eigenvalue weighted by Gasteiger charge is -2.32. The fourth-order valence-electron chi connectivity index (χ4n) is 4.38. The highest BCUT2D eigenvalue weighted by molar-refractivity contribution is 7.92. The third-order valence-electron chi connectivity index (χ3n) is 6.65. The van der Waals surface area contributed by atoms with Crippen LogP contribution in [0.3, 0.4) is 0 Å². The van der Waals surface area contributed by atoms with Gasteiger partial charge in [0.1, 0.15) is 24.1 Å². The number of sulfonamides is 1. The second-order valence-electron chi connectivity index (χ2n) is 10.3. The molecule has 8 nitrogen and oxygen atoms in total. The van der Waals surface area contributed by atoms with Crippen molar-refractivity contribution in [3.05, 3.63) is 119 Å². The predicted octanol–water partition coefficient (Wildman–Crippen LogP) is 6.92. The van der Waals surface area contributed by atoms with Gasteiger partial charge in [-0.05, 0) is 87.0 Å². The first-order chi connectivity index (χ1) is 21.0. The van der Waals surface area contributed by atoms with Gasteiger partial charge in [-0.3, -0.25) is 13.9 Å². The number of rotatable bonds is 12. The van der Waals surface area contributed by atoms with Crippen LogP contribution in [0.15, 0.2) is 108 Å². The van der Waals surface area contributed by atoms with Crippen molar-refractivity contribution in [1.29, 1.82) is 0 Å². The van der Waals surface area contributed by atoms with E-state index >= 15 is 0 Å². The molecule has 1 unspecified atom stereocenters. The number of para-hydroxylation sites is 1. The molecule has 4 aromatic rings. The maximum atomic E-state index is 14.1. The van der Waals surface area contributed by atoms with Gasteiger partial charge in [0.25, 0.3) is 10.0 Å². The zero-order chi connectivity index (χ0) is 31.9. The van der Waals surface area contributed by atoms with Crippen LogP contribution < -0.4 is 14.4 Å². The molecule has 0 spiro atoms. The van der Waals surface area contributed by atoms with Crippen molar-refractivity contribution in [3.63, 3.8) is 0 Å². The van der Waals surface area contributed by atoms with Crippen molar-refractivity contribution < 1.29 is 22.7 Å². The lowest BCUT2D eigenvalue weighted by molar-refractivity contribution is -0.139. The minimum atomic E-state index is -4.20. The van der Waals surface area contributed by atoms with E-state index in [9.17, 15) is 18.0 Å². The van der Waals surface area contributed by atoms with Crippen LogP contribution in [0.4, 0.5) is 5.69 Å². The quantitative estimate of drug-likeness (QED) is 0.179. The minimum Gasteiger partial charge on any atom is -0.457 e. The van der Waals surface area contributed by atoms with Gasteiger partial charge >= 0.3 is 0 Å². The summed E-state index contributed by atoms with van der Waals surface area (Å²) in [5, 5.41) is 3.47. The lowest BCUT2D eigenvalue weighted by Crippen LogP contribution is -2.52. The van der Waals surface area contributed by atoms with Gasteiger partial charge in [-0.15, -0.1) is 0 Å². The smallest absolute Gasteiger partial charge is 0.264 e. The van der Waals surface area contributed by atoms with Crippen LogP contribution in [-0.4, -0.2) is 43.8 Å². The van der Waals surface area contributed by atoms with Gasteiger partial charge in [-0.25, -0.2) is 8.42 Å². The van der Waals surface area contributed by atoms with Crippen molar-refractivity contribution in [3.8, 4) is 11.5 Å². The molecule has 230 valence electrons. The Hall–Kier alpha value is -4.05. The first kappa shape index (κ1) is 32.9. The predicted molar refractivity (Wildman–Crippen MR) is 174 cm³/mol. The number of nitrogens with zero attached hydrogens (tertiary/aromatic N) is 2. The number of hydrogen-bond donors (Lipinski definition) is 1. The number of ether oxygens (including phenoxy) is 1. The van der Waals surface area contributed by atoms with E-state index in [2.05, 4.69) is 5.32 Å². The fourth-order valence-corrected chi connectivity index (χ4v) is 6.13. The van der Waals surface area contributed by atoms with Crippen molar-refractivity contribution in [1.82, 2.24) is 10.2 Å². The van der Waals surface area contributed by atoms with Gasteiger partial charge in [0.15, 0.2) is 0 Å². The summed E-state index contributed by atoms with van der Waals surface area (Å²) >= 11 is 12.3. The number of benzene rings is 4. The average Bonchev–Trinajstić information content (AvgIpc) is 3.01. The molecule has 0 saturated carbocycles. The summed E-state index contributed by atoms with van der Waals surface area (Å²) in [7, 11) is -4.20. The van der Waals surface area contributed by atoms with E-state index < -0.39 is 28.5 Å². The lowest BCUT2D eigenvalue weighted by atomic mass is 10.1. The zero-order valence-corrected chi connectivity index (χ0v) is 26.8. The summed E-state index contributed by atoms with van der Waals surface area (Å²) in [5.74, 6) is 0.138. The van der Waals surface area contributed by atoms with Gasteiger partial charge in [0, 0.05) is 12.6 Å². The van der Waals surface area contributed by atoms with Crippen LogP contribution in [0.2, 0.25) is 10.0 Å². The standard InChI is InChI=1S/C33H33Cl2N3O5S/c1-23(2)36-33(40)24(3)37(21-25-14-19-30(34)31(35)20-25)32(39)22-38(44(41,42)29-12-8-5-9-13-29)26-15-17-28(18-16-26)43-27-10-6-4-7-11-27/h4-20,23-24H,21-22H2,1-3H3,(H,36,40). The fraction of sp³-hybridized carbons (Fsp3) is 0.212. The first-order valence-electron chi connectivity index (χ1n) is 13.9. The molecule has 4 aromatic carbocycles. The van der Waals surface area contributed by atoms with Crippen molar-refractivity contribution in [2.45, 2.75) is 44.3 Å². The topological polar surface area (TPSA) is 96.0 Å². The van der Waals surface area contributed by atoms with Gasteiger partial charge in [-0.1, -0.05) is 65.7 Å². The number of amides is 2. The van der Waals surface area contributed by atoms with E-state index in [-0.39, 0.29) is 29.1 Å². The Balaban J connectivity index is 1.70. The summed E-state index contributed by atoms with van der Waals surface area (Å²) in [5.41, 5.74) is 0.869. The summed E-state index contributed by atoms with van der Waals surface area (Å²) in [4.78, 5) is 28.5. The van der Waals surface area contributed by atoms with Crippen LogP contribution in [0.1, 0.15) is 26.3 Å². The Labute approximate surface area is 268 Å². The highest BCUT2D eigenvalue weighted by atomic mass is 35.5. The van der Waals surface area contributed by atoms with E-state index in [0.29, 0.717) is 27.1 Å². The molecule has 4 rings (SSSR count). The molecule has 0 heterocycles. The highest BCUT2D eigenvalue weighted by Gasteiger charge is 2.32. The summed E-state index contributed by atoms with van der Waals surface area (Å²) in [6.07, 6.45) is 0. The number of carbonyl (C=O) groups is 2. The van der Waals surface area contributed by atoms with Gasteiger partial charge in [-0.2, -0.15) is 0 Å². The molecular weight excluding hydrogens is 621 g/mol. The van der Waals surface area contributed by atoms with Crippen LogP contribution >= 0.6 is 23.2 Å². The highest BCUT2D eigenvalue weighted by Crippen LogP contribution is 2.29. The Morgan fingerprint density at radius 1 is 0.795 bits per heavy atom. The molecule has 1 N–H and O–H groups in total. The molecule has 0 radical (unpaired) electrons. The molecule has 11 heteroatoms. The third-order valence-corrected chi connectivity index (χ3v) is 9.18. The molecule has 2 amide bonds. The minimum absolute atomic E-state index is 0.00845. The van der Waals surface area contributed by atoms with Crippen molar-refractivity contribution >= 4 is 50.7 Å². The molecule has 0 aliphatic heterocycles. The van der Waals surface area contributed by atoms with Crippen molar-refractivity contribution in [2.24, 2.45) is 0 Å². The van der Waals surface area contributed by atoms with Crippen LogP contribution in [0.5, 0.6) is 11.5 Å². The van der Waals surface area contributed by atoms with E-state index in [1.807, 2.05) is 32.0 Å². The third kappa shape index (κ3) is 8.31. The van der Waals surface area contributed by atoms with Crippen molar-refractivity contribution in [2.75, 3.05) is 10.8 Å².